The minimum atomic E-state index is -0.322. The molecule has 0 saturated heterocycles. The SMILES string of the molecule is CCOC(=O)Cc1nc(-c2ccc(N)cc2)n[nH]1. The van der Waals surface area contributed by atoms with Crippen molar-refractivity contribution in [2.75, 3.05) is 12.3 Å². The number of benzene rings is 1. The summed E-state index contributed by atoms with van der Waals surface area (Å²) in [6, 6.07) is 7.20. The molecule has 0 atom stereocenters. The van der Waals surface area contributed by atoms with Gasteiger partial charge in [-0.15, -0.1) is 0 Å². The number of rotatable bonds is 4. The van der Waals surface area contributed by atoms with Crippen LogP contribution < -0.4 is 5.73 Å². The fraction of sp³-hybridized carbons (Fsp3) is 0.250. The van der Waals surface area contributed by atoms with Crippen molar-refractivity contribution < 1.29 is 9.53 Å². The van der Waals surface area contributed by atoms with Crippen molar-refractivity contribution in [1.82, 2.24) is 15.2 Å². The Balaban J connectivity index is 2.10. The number of hydrogen-bond donors (Lipinski definition) is 2. The third-order valence-corrected chi connectivity index (χ3v) is 2.32. The lowest BCUT2D eigenvalue weighted by atomic mass is 10.2. The van der Waals surface area contributed by atoms with E-state index in [2.05, 4.69) is 15.2 Å². The topological polar surface area (TPSA) is 93.9 Å². The van der Waals surface area contributed by atoms with Gasteiger partial charge in [-0.3, -0.25) is 9.89 Å². The highest BCUT2D eigenvalue weighted by Crippen LogP contribution is 2.16. The van der Waals surface area contributed by atoms with Crippen LogP contribution >= 0.6 is 0 Å². The second kappa shape index (κ2) is 5.31. The maximum absolute atomic E-state index is 11.3. The predicted octanol–water partition coefficient (Wildman–Crippen LogP) is 1.16. The second-order valence-corrected chi connectivity index (χ2v) is 3.71. The van der Waals surface area contributed by atoms with Crippen LogP contribution in [0, 0.1) is 0 Å². The number of carbonyl (C=O) groups is 1. The van der Waals surface area contributed by atoms with Crippen LogP contribution in [-0.2, 0) is 16.0 Å². The fourth-order valence-electron chi connectivity index (χ4n) is 1.48. The number of nitrogens with two attached hydrogens (primary N) is 1. The fourth-order valence-corrected chi connectivity index (χ4v) is 1.48. The van der Waals surface area contributed by atoms with Crippen LogP contribution in [0.25, 0.3) is 11.4 Å². The summed E-state index contributed by atoms with van der Waals surface area (Å²) >= 11 is 0. The van der Waals surface area contributed by atoms with E-state index in [1.54, 1.807) is 19.1 Å². The molecule has 0 aliphatic heterocycles. The number of aromatic amines is 1. The van der Waals surface area contributed by atoms with Gasteiger partial charge in [-0.25, -0.2) is 4.98 Å². The van der Waals surface area contributed by atoms with Gasteiger partial charge in [0.1, 0.15) is 12.2 Å². The second-order valence-electron chi connectivity index (χ2n) is 3.71. The summed E-state index contributed by atoms with van der Waals surface area (Å²) in [5.74, 6) is 0.701. The molecule has 1 heterocycles. The molecule has 94 valence electrons. The molecule has 1 aromatic heterocycles. The molecule has 0 fully saturated rings. The maximum Gasteiger partial charge on any atom is 0.313 e. The molecule has 0 bridgehead atoms. The summed E-state index contributed by atoms with van der Waals surface area (Å²) in [7, 11) is 0. The lowest BCUT2D eigenvalue weighted by Crippen LogP contribution is -2.08. The van der Waals surface area contributed by atoms with Gasteiger partial charge in [0.15, 0.2) is 5.82 Å². The zero-order chi connectivity index (χ0) is 13.0. The van der Waals surface area contributed by atoms with Gasteiger partial charge in [0, 0.05) is 11.3 Å². The lowest BCUT2D eigenvalue weighted by Gasteiger charge is -1.97. The molecule has 0 radical (unpaired) electrons. The van der Waals surface area contributed by atoms with Crippen molar-refractivity contribution in [2.45, 2.75) is 13.3 Å². The molecule has 2 aromatic rings. The molecular formula is C12H14N4O2. The molecule has 0 spiro atoms. The number of esters is 1. The Morgan fingerprint density at radius 3 is 2.78 bits per heavy atom. The van der Waals surface area contributed by atoms with Gasteiger partial charge < -0.3 is 10.5 Å². The average Bonchev–Trinajstić information content (AvgIpc) is 2.78. The number of H-pyrrole nitrogens is 1. The Morgan fingerprint density at radius 1 is 1.39 bits per heavy atom. The Labute approximate surface area is 104 Å². The molecule has 1 aromatic carbocycles. The van der Waals surface area contributed by atoms with E-state index < -0.39 is 0 Å². The number of nitrogen functional groups attached to an aromatic ring is 1. The zero-order valence-corrected chi connectivity index (χ0v) is 10.0. The van der Waals surface area contributed by atoms with E-state index >= 15 is 0 Å². The number of nitrogens with one attached hydrogen (secondary N) is 1. The van der Waals surface area contributed by atoms with E-state index in [-0.39, 0.29) is 12.4 Å². The van der Waals surface area contributed by atoms with Crippen molar-refractivity contribution in [1.29, 1.82) is 0 Å². The minimum absolute atomic E-state index is 0.0931. The first-order valence-corrected chi connectivity index (χ1v) is 5.62. The van der Waals surface area contributed by atoms with Crippen LogP contribution in [0.1, 0.15) is 12.7 Å². The zero-order valence-electron chi connectivity index (χ0n) is 10.0. The van der Waals surface area contributed by atoms with Crippen LogP contribution in [0.15, 0.2) is 24.3 Å². The highest BCUT2D eigenvalue weighted by molar-refractivity contribution is 5.71. The van der Waals surface area contributed by atoms with Gasteiger partial charge in [-0.2, -0.15) is 5.10 Å². The summed E-state index contributed by atoms with van der Waals surface area (Å²) in [5.41, 5.74) is 7.12. The van der Waals surface area contributed by atoms with Crippen molar-refractivity contribution in [3.8, 4) is 11.4 Å². The highest BCUT2D eigenvalue weighted by Gasteiger charge is 2.10. The van der Waals surface area contributed by atoms with E-state index in [1.807, 2.05) is 12.1 Å². The van der Waals surface area contributed by atoms with E-state index in [0.29, 0.717) is 23.9 Å². The molecule has 0 saturated carbocycles. The number of nitrogens with zero attached hydrogens (tertiary/aromatic N) is 2. The van der Waals surface area contributed by atoms with Crippen molar-refractivity contribution in [3.05, 3.63) is 30.1 Å². The van der Waals surface area contributed by atoms with Gasteiger partial charge in [0.2, 0.25) is 0 Å². The first-order valence-electron chi connectivity index (χ1n) is 5.62. The molecule has 3 N–H and O–H groups in total. The van der Waals surface area contributed by atoms with Crippen LogP contribution in [0.5, 0.6) is 0 Å². The molecule has 2 rings (SSSR count). The predicted molar refractivity (Wildman–Crippen MR) is 66.6 cm³/mol. The standard InChI is InChI=1S/C12H14N4O2/c1-2-18-11(17)7-10-14-12(16-15-10)8-3-5-9(13)6-4-8/h3-6H,2,7,13H2,1H3,(H,14,15,16). The van der Waals surface area contributed by atoms with Gasteiger partial charge in [0.05, 0.1) is 6.61 Å². The lowest BCUT2D eigenvalue weighted by molar-refractivity contribution is -0.142. The molecule has 6 nitrogen and oxygen atoms in total. The third-order valence-electron chi connectivity index (χ3n) is 2.32. The Hall–Kier alpha value is -2.37. The van der Waals surface area contributed by atoms with Crippen LogP contribution in [-0.4, -0.2) is 27.8 Å². The van der Waals surface area contributed by atoms with Gasteiger partial charge in [0.25, 0.3) is 0 Å². The van der Waals surface area contributed by atoms with Crippen LogP contribution in [0.2, 0.25) is 0 Å². The summed E-state index contributed by atoms with van der Waals surface area (Å²) in [6.07, 6.45) is 0.0931. The first kappa shape index (κ1) is 12.1. The molecule has 0 aliphatic rings. The van der Waals surface area contributed by atoms with Gasteiger partial charge >= 0.3 is 5.97 Å². The van der Waals surface area contributed by atoms with E-state index in [9.17, 15) is 4.79 Å². The average molecular weight is 246 g/mol. The van der Waals surface area contributed by atoms with Crippen molar-refractivity contribution in [2.24, 2.45) is 0 Å². The number of carbonyl (C=O) groups excluding carboxylic acids is 1. The third kappa shape index (κ3) is 2.85. The summed E-state index contributed by atoms with van der Waals surface area (Å²) < 4.78 is 4.83. The van der Waals surface area contributed by atoms with Crippen LogP contribution in [0.3, 0.4) is 0 Å². The van der Waals surface area contributed by atoms with E-state index in [0.717, 1.165) is 5.56 Å². The highest BCUT2D eigenvalue weighted by atomic mass is 16.5. The Bertz CT molecular complexity index is 533. The minimum Gasteiger partial charge on any atom is -0.466 e. The molecule has 18 heavy (non-hydrogen) atoms. The Morgan fingerprint density at radius 2 is 2.11 bits per heavy atom. The summed E-state index contributed by atoms with van der Waals surface area (Å²) in [6.45, 7) is 2.12. The number of ether oxygens (including phenoxy) is 1. The monoisotopic (exact) mass is 246 g/mol. The number of anilines is 1. The van der Waals surface area contributed by atoms with Crippen molar-refractivity contribution >= 4 is 11.7 Å². The van der Waals surface area contributed by atoms with Crippen molar-refractivity contribution in [3.63, 3.8) is 0 Å². The normalized spacial score (nSPS) is 10.3. The van der Waals surface area contributed by atoms with E-state index in [1.165, 1.54) is 0 Å². The maximum atomic E-state index is 11.3. The van der Waals surface area contributed by atoms with E-state index in [4.69, 9.17) is 10.5 Å². The molecule has 6 heteroatoms. The molecular weight excluding hydrogens is 232 g/mol. The Kier molecular flexibility index (Phi) is 3.57. The first-order chi connectivity index (χ1) is 8.69. The largest absolute Gasteiger partial charge is 0.466 e. The van der Waals surface area contributed by atoms with Gasteiger partial charge in [-0.05, 0) is 31.2 Å². The molecule has 0 aliphatic carbocycles. The molecule has 0 unspecified atom stereocenters. The summed E-state index contributed by atoms with van der Waals surface area (Å²) in [5, 5.41) is 6.76. The quantitative estimate of drug-likeness (QED) is 0.623. The number of aromatic nitrogens is 3. The number of hydrogen-bond acceptors (Lipinski definition) is 5. The molecule has 0 amide bonds. The summed E-state index contributed by atoms with van der Waals surface area (Å²) in [4.78, 5) is 15.5. The van der Waals surface area contributed by atoms with Crippen LogP contribution in [0.4, 0.5) is 5.69 Å². The van der Waals surface area contributed by atoms with Gasteiger partial charge in [-0.1, -0.05) is 0 Å². The smallest absolute Gasteiger partial charge is 0.313 e.